The van der Waals surface area contributed by atoms with Gasteiger partial charge in [-0.25, -0.2) is 17.4 Å². The summed E-state index contributed by atoms with van der Waals surface area (Å²) in [6, 6.07) is 6.62. The van der Waals surface area contributed by atoms with E-state index in [2.05, 4.69) is 5.10 Å². The first-order valence-electron chi connectivity index (χ1n) is 5.01. The summed E-state index contributed by atoms with van der Waals surface area (Å²) in [5.41, 5.74) is 0.524. The highest BCUT2D eigenvalue weighted by molar-refractivity contribution is 7.79. The number of aromatic nitrogens is 3. The maximum absolute atomic E-state index is 13.4. The number of halogens is 1. The molecule has 0 aliphatic heterocycles. The van der Waals surface area contributed by atoms with Crippen molar-refractivity contribution in [2.24, 2.45) is 14.1 Å². The normalized spacial score (nSPS) is 10.8. The van der Waals surface area contributed by atoms with Crippen LogP contribution in [0.3, 0.4) is 0 Å². The zero-order valence-electron chi connectivity index (χ0n) is 10.2. The van der Waals surface area contributed by atoms with Gasteiger partial charge in [-0.3, -0.25) is 4.55 Å². The monoisotopic (exact) mass is 289 g/mol. The van der Waals surface area contributed by atoms with Crippen molar-refractivity contribution in [2.75, 3.05) is 0 Å². The van der Waals surface area contributed by atoms with E-state index in [0.29, 0.717) is 11.4 Å². The highest BCUT2D eigenvalue weighted by atomic mass is 32.3. The molecule has 1 aromatic carbocycles. The first kappa shape index (κ1) is 15.2. The van der Waals surface area contributed by atoms with Gasteiger partial charge in [0.1, 0.15) is 12.9 Å². The van der Waals surface area contributed by atoms with Crippen LogP contribution in [0, 0.1) is 5.82 Å². The van der Waals surface area contributed by atoms with Crippen LogP contribution in [0.15, 0.2) is 30.6 Å². The molecule has 0 aliphatic rings. The molecule has 1 heterocycles. The lowest BCUT2D eigenvalue weighted by molar-refractivity contribution is -0.728. The van der Waals surface area contributed by atoms with Crippen molar-refractivity contribution in [3.8, 4) is 11.4 Å². The number of rotatable bonds is 1. The minimum absolute atomic E-state index is 0.248. The molecule has 0 radical (unpaired) electrons. The average molecular weight is 289 g/mol. The Morgan fingerprint density at radius 2 is 1.95 bits per heavy atom. The van der Waals surface area contributed by atoms with E-state index in [9.17, 15) is 4.39 Å². The molecule has 0 saturated carbocycles. The number of hydrogen-bond donors (Lipinski definition) is 1. The van der Waals surface area contributed by atoms with Gasteiger partial charge in [-0.2, -0.15) is 0 Å². The Bertz CT molecular complexity index is 661. The first-order valence-corrected chi connectivity index (χ1v) is 6.37. The van der Waals surface area contributed by atoms with Crippen LogP contribution in [-0.4, -0.2) is 27.2 Å². The Morgan fingerprint density at radius 3 is 2.37 bits per heavy atom. The van der Waals surface area contributed by atoms with Gasteiger partial charge in [0.15, 0.2) is 0 Å². The standard InChI is InChI=1S/C10H11FN3.H2O4S/c1-13-7-14(2)12-10(13)8-5-3-4-6-9(8)11;1-5(2,3)4/h3-7H,1-2H3;(H2,1,2,3,4)/q+1;/p-1. The fourth-order valence-corrected chi connectivity index (χ4v) is 1.44. The second kappa shape index (κ2) is 5.87. The Labute approximate surface area is 109 Å². The zero-order valence-corrected chi connectivity index (χ0v) is 11.0. The molecule has 19 heavy (non-hydrogen) atoms. The van der Waals surface area contributed by atoms with Crippen LogP contribution in [0.1, 0.15) is 0 Å². The summed E-state index contributed by atoms with van der Waals surface area (Å²) in [6.07, 6.45) is 1.79. The van der Waals surface area contributed by atoms with Gasteiger partial charge in [-0.1, -0.05) is 12.1 Å². The van der Waals surface area contributed by atoms with E-state index in [4.69, 9.17) is 17.5 Å². The second-order valence-corrected chi connectivity index (χ2v) is 4.49. The smallest absolute Gasteiger partial charge is 0.270 e. The summed E-state index contributed by atoms with van der Waals surface area (Å²) in [4.78, 5) is 0. The molecule has 0 bridgehead atoms. The van der Waals surface area contributed by atoms with Gasteiger partial charge in [-0.05, 0) is 17.2 Å². The molecular weight excluding hydrogens is 277 g/mol. The lowest BCUT2D eigenvalue weighted by Crippen LogP contribution is -2.28. The van der Waals surface area contributed by atoms with Gasteiger partial charge in [0.05, 0.1) is 12.6 Å². The predicted octanol–water partition coefficient (Wildman–Crippen LogP) is 0.0553. The molecule has 104 valence electrons. The van der Waals surface area contributed by atoms with E-state index in [1.165, 1.54) is 6.07 Å². The van der Waals surface area contributed by atoms with Crippen LogP contribution in [0.2, 0.25) is 0 Å². The highest BCUT2D eigenvalue weighted by Gasteiger charge is 2.15. The fourth-order valence-electron chi connectivity index (χ4n) is 1.44. The number of benzene rings is 1. The zero-order chi connectivity index (χ0) is 14.6. The van der Waals surface area contributed by atoms with Crippen molar-refractivity contribution in [3.63, 3.8) is 0 Å². The summed E-state index contributed by atoms with van der Waals surface area (Å²) < 4.78 is 49.7. The van der Waals surface area contributed by atoms with E-state index in [1.807, 2.05) is 14.1 Å². The second-order valence-electron chi connectivity index (χ2n) is 3.63. The number of aryl methyl sites for hydroxylation is 2. The Hall–Kier alpha value is -1.84. The van der Waals surface area contributed by atoms with Crippen molar-refractivity contribution in [1.82, 2.24) is 9.67 Å². The molecule has 0 spiro atoms. The van der Waals surface area contributed by atoms with Crippen molar-refractivity contribution < 1.29 is 26.6 Å². The van der Waals surface area contributed by atoms with Crippen molar-refractivity contribution in [1.29, 1.82) is 0 Å². The summed E-state index contributed by atoms with van der Waals surface area (Å²) in [6.45, 7) is 0. The van der Waals surface area contributed by atoms with Crippen molar-refractivity contribution >= 4 is 10.4 Å². The summed E-state index contributed by atoms with van der Waals surface area (Å²) in [7, 11) is -1.26. The third-order valence-corrected chi connectivity index (χ3v) is 2.04. The number of hydrogen-bond acceptors (Lipinski definition) is 4. The van der Waals surface area contributed by atoms with Gasteiger partial charge in [-0.15, -0.1) is 4.68 Å². The molecule has 0 saturated heterocycles. The van der Waals surface area contributed by atoms with E-state index < -0.39 is 10.4 Å². The van der Waals surface area contributed by atoms with Crippen LogP contribution in [0.5, 0.6) is 0 Å². The molecule has 2 aromatic rings. The first-order chi connectivity index (χ1) is 8.68. The quantitative estimate of drug-likeness (QED) is 0.454. The van der Waals surface area contributed by atoms with Crippen molar-refractivity contribution in [3.05, 3.63) is 36.4 Å². The third-order valence-electron chi connectivity index (χ3n) is 2.04. The van der Waals surface area contributed by atoms with Gasteiger partial charge < -0.3 is 4.55 Å². The van der Waals surface area contributed by atoms with Gasteiger partial charge in [0.25, 0.3) is 12.2 Å². The van der Waals surface area contributed by atoms with E-state index in [1.54, 1.807) is 33.8 Å². The third kappa shape index (κ3) is 5.12. The average Bonchev–Trinajstić information content (AvgIpc) is 2.56. The number of nitrogens with zero attached hydrogens (tertiary/aromatic N) is 3. The van der Waals surface area contributed by atoms with Crippen LogP contribution >= 0.6 is 0 Å². The Morgan fingerprint density at radius 1 is 1.42 bits per heavy atom. The van der Waals surface area contributed by atoms with Crippen LogP contribution in [0.25, 0.3) is 11.4 Å². The van der Waals surface area contributed by atoms with Crippen LogP contribution in [0.4, 0.5) is 4.39 Å². The molecule has 9 heteroatoms. The molecule has 1 N–H and O–H groups in total. The van der Waals surface area contributed by atoms with Gasteiger partial charge in [0, 0.05) is 0 Å². The summed E-state index contributed by atoms with van der Waals surface area (Å²) in [5.74, 6) is 0.382. The summed E-state index contributed by atoms with van der Waals surface area (Å²) in [5, 5.41) is 4.18. The fraction of sp³-hybridized carbons (Fsp3) is 0.200. The Kier molecular flexibility index (Phi) is 4.70. The molecule has 0 amide bonds. The van der Waals surface area contributed by atoms with E-state index in [0.717, 1.165) is 0 Å². The molecule has 2 rings (SSSR count). The lowest BCUT2D eigenvalue weighted by Gasteiger charge is -1.95. The molecule has 1 aromatic heterocycles. The maximum Gasteiger partial charge on any atom is 0.270 e. The Balaban J connectivity index is 0.000000312. The molecule has 0 unspecified atom stereocenters. The van der Waals surface area contributed by atoms with E-state index in [-0.39, 0.29) is 5.82 Å². The molecular formula is C10H12FN3O4S. The van der Waals surface area contributed by atoms with E-state index >= 15 is 0 Å². The minimum atomic E-state index is -4.92. The summed E-state index contributed by atoms with van der Waals surface area (Å²) >= 11 is 0. The maximum atomic E-state index is 13.4. The predicted molar refractivity (Wildman–Crippen MR) is 62.1 cm³/mol. The SMILES string of the molecule is Cn1c[n+](C)nc1-c1ccccc1F.O=S(=O)([O-])O. The topological polar surface area (TPSA) is 99.1 Å². The largest absolute Gasteiger partial charge is 0.726 e. The minimum Gasteiger partial charge on any atom is -0.726 e. The van der Waals surface area contributed by atoms with Crippen LogP contribution < -0.4 is 4.68 Å². The molecule has 0 aliphatic carbocycles. The molecule has 0 atom stereocenters. The lowest BCUT2D eigenvalue weighted by atomic mass is 10.2. The van der Waals surface area contributed by atoms with Gasteiger partial charge in [0.2, 0.25) is 10.4 Å². The van der Waals surface area contributed by atoms with Crippen LogP contribution in [-0.2, 0) is 24.5 Å². The highest BCUT2D eigenvalue weighted by Crippen LogP contribution is 2.18. The molecule has 0 fully saturated rings. The van der Waals surface area contributed by atoms with Crippen molar-refractivity contribution in [2.45, 2.75) is 0 Å². The van der Waals surface area contributed by atoms with Gasteiger partial charge >= 0.3 is 0 Å². The molecule has 7 nitrogen and oxygen atoms in total.